The molecule has 17 heavy (non-hydrogen) atoms. The molecule has 0 aliphatic carbocycles. The predicted molar refractivity (Wildman–Crippen MR) is 73.6 cm³/mol. The molecule has 1 heterocycles. The highest BCUT2D eigenvalue weighted by atomic mass is 79.9. The molecule has 0 saturated carbocycles. The molecule has 1 aromatic heterocycles. The van der Waals surface area contributed by atoms with Gasteiger partial charge in [0.15, 0.2) is 5.15 Å². The molecular weight excluding hydrogens is 304 g/mol. The fourth-order valence-electron chi connectivity index (χ4n) is 1.52. The standard InChI is InChI=1S/C12H18BrClN2O/c1-3-4-5-6-7-9(2)17-12-10(13)11(14)15-8-16-12/h8-9H,3-7H2,1-2H3. The van der Waals surface area contributed by atoms with Gasteiger partial charge >= 0.3 is 0 Å². The van der Waals surface area contributed by atoms with Gasteiger partial charge in [0.1, 0.15) is 10.8 Å². The second-order valence-electron chi connectivity index (χ2n) is 4.06. The number of aromatic nitrogens is 2. The molecule has 1 aromatic rings. The van der Waals surface area contributed by atoms with Gasteiger partial charge in [0.2, 0.25) is 5.88 Å². The highest BCUT2D eigenvalue weighted by Crippen LogP contribution is 2.29. The molecule has 0 spiro atoms. The fraction of sp³-hybridized carbons (Fsp3) is 0.667. The SMILES string of the molecule is CCCCCCC(C)Oc1ncnc(Cl)c1Br. The van der Waals surface area contributed by atoms with Crippen LogP contribution in [-0.4, -0.2) is 16.1 Å². The van der Waals surface area contributed by atoms with E-state index in [-0.39, 0.29) is 6.10 Å². The van der Waals surface area contributed by atoms with Crippen molar-refractivity contribution in [1.29, 1.82) is 0 Å². The molecule has 1 rings (SSSR count). The predicted octanol–water partition coefficient (Wildman–Crippen LogP) is 4.63. The minimum atomic E-state index is 0.147. The van der Waals surface area contributed by atoms with Crippen molar-refractivity contribution in [2.75, 3.05) is 0 Å². The Labute approximate surface area is 116 Å². The maximum absolute atomic E-state index is 5.86. The van der Waals surface area contributed by atoms with E-state index in [0.717, 1.165) is 6.42 Å². The Morgan fingerprint density at radius 1 is 1.35 bits per heavy atom. The van der Waals surface area contributed by atoms with Crippen molar-refractivity contribution in [3.05, 3.63) is 16.0 Å². The highest BCUT2D eigenvalue weighted by molar-refractivity contribution is 9.10. The third-order valence-corrected chi connectivity index (χ3v) is 3.72. The van der Waals surface area contributed by atoms with E-state index in [1.165, 1.54) is 32.0 Å². The minimum absolute atomic E-state index is 0.147. The second-order valence-corrected chi connectivity index (χ2v) is 5.21. The van der Waals surface area contributed by atoms with Gasteiger partial charge in [0.05, 0.1) is 6.10 Å². The summed E-state index contributed by atoms with van der Waals surface area (Å²) in [5.74, 6) is 0.521. The van der Waals surface area contributed by atoms with Gasteiger partial charge in [-0.2, -0.15) is 0 Å². The molecule has 0 radical (unpaired) electrons. The maximum atomic E-state index is 5.86. The lowest BCUT2D eigenvalue weighted by atomic mass is 10.1. The van der Waals surface area contributed by atoms with Crippen molar-refractivity contribution in [2.45, 2.75) is 52.1 Å². The van der Waals surface area contributed by atoms with E-state index in [9.17, 15) is 0 Å². The van der Waals surface area contributed by atoms with Gasteiger partial charge in [-0.1, -0.05) is 37.8 Å². The molecule has 96 valence electrons. The van der Waals surface area contributed by atoms with Gasteiger partial charge < -0.3 is 4.74 Å². The second kappa shape index (κ2) is 7.88. The lowest BCUT2D eigenvalue weighted by Crippen LogP contribution is -2.13. The monoisotopic (exact) mass is 320 g/mol. The summed E-state index contributed by atoms with van der Waals surface area (Å²) in [7, 11) is 0. The van der Waals surface area contributed by atoms with Crippen LogP contribution in [0.3, 0.4) is 0 Å². The van der Waals surface area contributed by atoms with Crippen LogP contribution in [0.5, 0.6) is 5.88 Å². The number of nitrogens with zero attached hydrogens (tertiary/aromatic N) is 2. The Bertz CT molecular complexity index is 349. The fourth-order valence-corrected chi connectivity index (χ4v) is 1.95. The Balaban J connectivity index is 2.39. The molecule has 1 atom stereocenters. The topological polar surface area (TPSA) is 35.0 Å². The van der Waals surface area contributed by atoms with Crippen molar-refractivity contribution >= 4 is 27.5 Å². The van der Waals surface area contributed by atoms with Crippen LogP contribution in [0.25, 0.3) is 0 Å². The average molecular weight is 322 g/mol. The van der Waals surface area contributed by atoms with Gasteiger partial charge in [0.25, 0.3) is 0 Å². The van der Waals surface area contributed by atoms with Gasteiger partial charge in [-0.25, -0.2) is 9.97 Å². The highest BCUT2D eigenvalue weighted by Gasteiger charge is 2.11. The first kappa shape index (κ1) is 14.7. The van der Waals surface area contributed by atoms with E-state index in [1.807, 2.05) is 6.92 Å². The first-order chi connectivity index (χ1) is 8.15. The zero-order valence-corrected chi connectivity index (χ0v) is 12.6. The van der Waals surface area contributed by atoms with E-state index in [0.29, 0.717) is 15.5 Å². The van der Waals surface area contributed by atoms with E-state index < -0.39 is 0 Å². The lowest BCUT2D eigenvalue weighted by molar-refractivity contribution is 0.196. The summed E-state index contributed by atoms with van der Waals surface area (Å²) in [5.41, 5.74) is 0. The molecule has 5 heteroatoms. The Morgan fingerprint density at radius 3 is 2.82 bits per heavy atom. The third kappa shape index (κ3) is 5.21. The number of halogens is 2. The van der Waals surface area contributed by atoms with Crippen LogP contribution in [0.4, 0.5) is 0 Å². The molecule has 0 amide bonds. The largest absolute Gasteiger partial charge is 0.474 e. The first-order valence-corrected chi connectivity index (χ1v) is 7.15. The average Bonchev–Trinajstić information content (AvgIpc) is 2.31. The summed E-state index contributed by atoms with van der Waals surface area (Å²) in [5, 5.41) is 0.383. The van der Waals surface area contributed by atoms with Gasteiger partial charge in [-0.3, -0.25) is 0 Å². The summed E-state index contributed by atoms with van der Waals surface area (Å²) in [6, 6.07) is 0. The minimum Gasteiger partial charge on any atom is -0.474 e. The molecule has 0 aliphatic heterocycles. The molecule has 0 N–H and O–H groups in total. The Hall–Kier alpha value is -0.350. The molecule has 0 bridgehead atoms. The van der Waals surface area contributed by atoms with Crippen LogP contribution in [0.15, 0.2) is 10.8 Å². The number of hydrogen-bond donors (Lipinski definition) is 0. The Kier molecular flexibility index (Phi) is 6.82. The zero-order valence-electron chi connectivity index (χ0n) is 10.2. The van der Waals surface area contributed by atoms with Crippen LogP contribution in [0, 0.1) is 0 Å². The molecular formula is C12H18BrClN2O. The van der Waals surface area contributed by atoms with Crippen molar-refractivity contribution in [1.82, 2.24) is 9.97 Å². The summed E-state index contributed by atoms with van der Waals surface area (Å²) in [6.45, 7) is 4.26. The smallest absolute Gasteiger partial charge is 0.232 e. The molecule has 0 aromatic carbocycles. The zero-order chi connectivity index (χ0) is 12.7. The molecule has 0 saturated heterocycles. The van der Waals surface area contributed by atoms with Gasteiger partial charge in [0, 0.05) is 0 Å². The van der Waals surface area contributed by atoms with Gasteiger partial charge in [-0.05, 0) is 35.7 Å². The summed E-state index contributed by atoms with van der Waals surface area (Å²) in [4.78, 5) is 7.92. The van der Waals surface area contributed by atoms with Crippen molar-refractivity contribution < 1.29 is 4.74 Å². The molecule has 3 nitrogen and oxygen atoms in total. The van der Waals surface area contributed by atoms with E-state index >= 15 is 0 Å². The Morgan fingerprint density at radius 2 is 2.12 bits per heavy atom. The molecule has 0 aliphatic rings. The maximum Gasteiger partial charge on any atom is 0.232 e. The van der Waals surface area contributed by atoms with Crippen molar-refractivity contribution in [3.8, 4) is 5.88 Å². The summed E-state index contributed by atoms with van der Waals surface area (Å²) < 4.78 is 6.35. The van der Waals surface area contributed by atoms with E-state index in [1.54, 1.807) is 0 Å². The van der Waals surface area contributed by atoms with Crippen molar-refractivity contribution in [2.24, 2.45) is 0 Å². The number of hydrogen-bond acceptors (Lipinski definition) is 3. The lowest BCUT2D eigenvalue weighted by Gasteiger charge is -2.14. The van der Waals surface area contributed by atoms with Crippen LogP contribution in [0.2, 0.25) is 5.15 Å². The van der Waals surface area contributed by atoms with Crippen LogP contribution in [0.1, 0.15) is 46.0 Å². The summed E-state index contributed by atoms with van der Waals surface area (Å²) in [6.07, 6.45) is 7.58. The molecule has 0 fully saturated rings. The van der Waals surface area contributed by atoms with Crippen molar-refractivity contribution in [3.63, 3.8) is 0 Å². The number of rotatable bonds is 7. The molecule has 1 unspecified atom stereocenters. The summed E-state index contributed by atoms with van der Waals surface area (Å²) >= 11 is 9.18. The van der Waals surface area contributed by atoms with Crippen LogP contribution >= 0.6 is 27.5 Å². The van der Waals surface area contributed by atoms with E-state index in [2.05, 4.69) is 32.8 Å². The third-order valence-electron chi connectivity index (χ3n) is 2.49. The number of ether oxygens (including phenoxy) is 1. The van der Waals surface area contributed by atoms with Gasteiger partial charge in [-0.15, -0.1) is 0 Å². The quantitative estimate of drug-likeness (QED) is 0.542. The van der Waals surface area contributed by atoms with E-state index in [4.69, 9.17) is 16.3 Å². The normalized spacial score (nSPS) is 12.5. The van der Waals surface area contributed by atoms with Crippen LogP contribution in [-0.2, 0) is 0 Å². The van der Waals surface area contributed by atoms with Crippen LogP contribution < -0.4 is 4.74 Å². The number of unbranched alkanes of at least 4 members (excludes halogenated alkanes) is 3. The first-order valence-electron chi connectivity index (χ1n) is 5.97.